The van der Waals surface area contributed by atoms with Gasteiger partial charge in [0.05, 0.1) is 6.54 Å². The number of hydrogen-bond acceptors (Lipinski definition) is 3. The Balaban J connectivity index is 2.87. The van der Waals surface area contributed by atoms with Crippen molar-refractivity contribution in [1.29, 1.82) is 0 Å². The van der Waals surface area contributed by atoms with E-state index in [0.29, 0.717) is 0 Å². The number of benzene rings is 1. The fourth-order valence-corrected chi connectivity index (χ4v) is 1.63. The molecule has 0 heterocycles. The number of carbonyl (C=O) groups excluding carboxylic acids is 1. The zero-order chi connectivity index (χ0) is 12.3. The molecule has 0 aromatic heterocycles. The molecule has 0 aliphatic rings. The van der Waals surface area contributed by atoms with Crippen molar-refractivity contribution in [2.45, 2.75) is 19.9 Å². The normalized spacial score (nSPS) is 12.8. The molecule has 1 atom stereocenters. The fraction of sp³-hybridized carbons (Fsp3) is 0.417. The van der Waals surface area contributed by atoms with Gasteiger partial charge < -0.3 is 10.8 Å². The monoisotopic (exact) mass is 222 g/mol. The van der Waals surface area contributed by atoms with E-state index in [9.17, 15) is 9.90 Å². The second-order valence-corrected chi connectivity index (χ2v) is 4.12. The molecule has 0 bridgehead atoms. The Morgan fingerprint density at radius 3 is 2.69 bits per heavy atom. The lowest BCUT2D eigenvalue weighted by atomic mass is 10.0. The highest BCUT2D eigenvalue weighted by Gasteiger charge is 2.16. The van der Waals surface area contributed by atoms with Gasteiger partial charge in [-0.15, -0.1) is 0 Å². The summed E-state index contributed by atoms with van der Waals surface area (Å²) in [6.07, 6.45) is 0. The zero-order valence-corrected chi connectivity index (χ0v) is 9.90. The molecule has 1 aromatic carbocycles. The topological polar surface area (TPSA) is 66.6 Å². The Labute approximate surface area is 95.7 Å². The third kappa shape index (κ3) is 2.97. The van der Waals surface area contributed by atoms with Crippen LogP contribution in [-0.2, 0) is 4.79 Å². The van der Waals surface area contributed by atoms with Gasteiger partial charge in [0.15, 0.2) is 0 Å². The molecule has 1 aromatic rings. The van der Waals surface area contributed by atoms with Crippen molar-refractivity contribution in [3.63, 3.8) is 0 Å². The molecule has 0 aliphatic heterocycles. The number of rotatable bonds is 4. The number of amides is 1. The lowest BCUT2D eigenvalue weighted by Crippen LogP contribution is -2.32. The molecule has 4 nitrogen and oxygen atoms in total. The van der Waals surface area contributed by atoms with Crippen molar-refractivity contribution in [3.8, 4) is 5.75 Å². The van der Waals surface area contributed by atoms with Crippen LogP contribution in [-0.4, -0.2) is 29.5 Å². The summed E-state index contributed by atoms with van der Waals surface area (Å²) in [7, 11) is 1.80. The smallest absolute Gasteiger partial charge is 0.231 e. The molecule has 0 saturated carbocycles. The Hall–Kier alpha value is -1.55. The van der Waals surface area contributed by atoms with Crippen LogP contribution in [0.3, 0.4) is 0 Å². The molecule has 0 saturated heterocycles. The van der Waals surface area contributed by atoms with E-state index in [1.54, 1.807) is 18.0 Å². The highest BCUT2D eigenvalue weighted by atomic mass is 16.3. The number of phenols is 1. The van der Waals surface area contributed by atoms with Crippen molar-refractivity contribution >= 4 is 5.91 Å². The predicted octanol–water partition coefficient (Wildman–Crippen LogP) is 1.18. The maximum atomic E-state index is 10.8. The summed E-state index contributed by atoms with van der Waals surface area (Å²) in [4.78, 5) is 12.6. The van der Waals surface area contributed by atoms with Crippen molar-refractivity contribution < 1.29 is 9.90 Å². The summed E-state index contributed by atoms with van der Waals surface area (Å²) < 4.78 is 0. The number of hydrogen-bond donors (Lipinski definition) is 2. The molecule has 16 heavy (non-hydrogen) atoms. The number of phenolic OH excluding ortho intramolecular Hbond substituents is 1. The standard InChI is InChI=1S/C12H18N2O2/c1-8-4-5-10(11(15)6-8)9(2)14(3)7-12(13)16/h4-6,9,15H,7H2,1-3H3,(H2,13,16). The first-order chi connectivity index (χ1) is 7.41. The molecule has 0 radical (unpaired) electrons. The molecule has 0 spiro atoms. The summed E-state index contributed by atoms with van der Waals surface area (Å²) in [6.45, 7) is 4.02. The molecule has 1 unspecified atom stereocenters. The lowest BCUT2D eigenvalue weighted by molar-refractivity contribution is -0.119. The number of primary amides is 1. The van der Waals surface area contributed by atoms with Gasteiger partial charge in [-0.3, -0.25) is 9.69 Å². The molecule has 3 N–H and O–H groups in total. The van der Waals surface area contributed by atoms with Crippen LogP contribution in [0.5, 0.6) is 5.75 Å². The van der Waals surface area contributed by atoms with E-state index in [1.165, 1.54) is 0 Å². The maximum absolute atomic E-state index is 10.8. The molecular weight excluding hydrogens is 204 g/mol. The van der Waals surface area contributed by atoms with E-state index in [1.807, 2.05) is 26.0 Å². The van der Waals surface area contributed by atoms with Crippen molar-refractivity contribution in [2.75, 3.05) is 13.6 Å². The minimum Gasteiger partial charge on any atom is -0.508 e. The molecule has 1 amide bonds. The van der Waals surface area contributed by atoms with Crippen LogP contribution in [0.25, 0.3) is 0 Å². The van der Waals surface area contributed by atoms with Gasteiger partial charge in [0.1, 0.15) is 5.75 Å². The van der Waals surface area contributed by atoms with E-state index in [4.69, 9.17) is 5.73 Å². The Morgan fingerprint density at radius 1 is 1.56 bits per heavy atom. The molecule has 0 aliphatic carbocycles. The predicted molar refractivity (Wildman–Crippen MR) is 63.1 cm³/mol. The lowest BCUT2D eigenvalue weighted by Gasteiger charge is -2.24. The summed E-state index contributed by atoms with van der Waals surface area (Å²) >= 11 is 0. The third-order valence-electron chi connectivity index (χ3n) is 2.70. The largest absolute Gasteiger partial charge is 0.508 e. The summed E-state index contributed by atoms with van der Waals surface area (Å²) in [5.41, 5.74) is 6.93. The molecular formula is C12H18N2O2. The second-order valence-electron chi connectivity index (χ2n) is 4.12. The average Bonchev–Trinajstić information content (AvgIpc) is 2.15. The van der Waals surface area contributed by atoms with Gasteiger partial charge in [-0.05, 0) is 32.5 Å². The number of aromatic hydroxyl groups is 1. The highest BCUT2D eigenvalue weighted by Crippen LogP contribution is 2.28. The SMILES string of the molecule is Cc1ccc(C(C)N(C)CC(N)=O)c(O)c1. The van der Waals surface area contributed by atoms with Crippen LogP contribution in [0.15, 0.2) is 18.2 Å². The van der Waals surface area contributed by atoms with Gasteiger partial charge in [-0.25, -0.2) is 0 Å². The Kier molecular flexibility index (Phi) is 3.90. The highest BCUT2D eigenvalue weighted by molar-refractivity contribution is 5.75. The summed E-state index contributed by atoms with van der Waals surface area (Å²) in [6, 6.07) is 5.47. The fourth-order valence-electron chi connectivity index (χ4n) is 1.63. The quantitative estimate of drug-likeness (QED) is 0.804. The molecule has 1 rings (SSSR count). The number of aryl methyl sites for hydroxylation is 1. The van der Waals surface area contributed by atoms with Crippen molar-refractivity contribution in [3.05, 3.63) is 29.3 Å². The van der Waals surface area contributed by atoms with Crippen LogP contribution < -0.4 is 5.73 Å². The molecule has 0 fully saturated rings. The minimum absolute atomic E-state index is 0.0481. The number of likely N-dealkylation sites (N-methyl/N-ethyl adjacent to an activating group) is 1. The van der Waals surface area contributed by atoms with Crippen LogP contribution in [0.4, 0.5) is 0 Å². The van der Waals surface area contributed by atoms with E-state index in [2.05, 4.69) is 0 Å². The van der Waals surface area contributed by atoms with Gasteiger partial charge in [0, 0.05) is 11.6 Å². The first-order valence-corrected chi connectivity index (χ1v) is 5.20. The summed E-state index contributed by atoms with van der Waals surface area (Å²) in [5.74, 6) is -0.121. The number of nitrogens with zero attached hydrogens (tertiary/aromatic N) is 1. The minimum atomic E-state index is -0.374. The van der Waals surface area contributed by atoms with E-state index in [-0.39, 0.29) is 24.2 Å². The maximum Gasteiger partial charge on any atom is 0.231 e. The van der Waals surface area contributed by atoms with E-state index in [0.717, 1.165) is 11.1 Å². The van der Waals surface area contributed by atoms with E-state index < -0.39 is 0 Å². The molecule has 88 valence electrons. The van der Waals surface area contributed by atoms with Gasteiger partial charge in [-0.1, -0.05) is 12.1 Å². The van der Waals surface area contributed by atoms with Gasteiger partial charge >= 0.3 is 0 Å². The average molecular weight is 222 g/mol. The van der Waals surface area contributed by atoms with Crippen molar-refractivity contribution in [1.82, 2.24) is 4.90 Å². The van der Waals surface area contributed by atoms with Crippen LogP contribution in [0.1, 0.15) is 24.1 Å². The van der Waals surface area contributed by atoms with Gasteiger partial charge in [-0.2, -0.15) is 0 Å². The zero-order valence-electron chi connectivity index (χ0n) is 9.90. The van der Waals surface area contributed by atoms with Crippen LogP contribution >= 0.6 is 0 Å². The number of nitrogens with two attached hydrogens (primary N) is 1. The first-order valence-electron chi connectivity index (χ1n) is 5.20. The van der Waals surface area contributed by atoms with Gasteiger partial charge in [0.25, 0.3) is 0 Å². The van der Waals surface area contributed by atoms with E-state index >= 15 is 0 Å². The number of carbonyl (C=O) groups is 1. The second kappa shape index (κ2) is 4.99. The Morgan fingerprint density at radius 2 is 2.19 bits per heavy atom. The Bertz CT molecular complexity index is 391. The van der Waals surface area contributed by atoms with Crippen LogP contribution in [0, 0.1) is 6.92 Å². The molecule has 4 heteroatoms. The first kappa shape index (κ1) is 12.5. The van der Waals surface area contributed by atoms with Crippen LogP contribution in [0.2, 0.25) is 0 Å². The van der Waals surface area contributed by atoms with Crippen molar-refractivity contribution in [2.24, 2.45) is 5.73 Å². The van der Waals surface area contributed by atoms with Gasteiger partial charge in [0.2, 0.25) is 5.91 Å². The summed E-state index contributed by atoms with van der Waals surface area (Å²) in [5, 5.41) is 9.80. The third-order valence-corrected chi connectivity index (χ3v) is 2.70.